The molecule has 0 unspecified atom stereocenters. The van der Waals surface area contributed by atoms with Crippen LogP contribution in [0.5, 0.6) is 11.5 Å². The molecule has 5 nitrogen and oxygen atoms in total. The van der Waals surface area contributed by atoms with Crippen LogP contribution in [0.25, 0.3) is 6.08 Å². The standard InChI is InChI=1S/C20H18ClNO4S/c1-12-6-4-5-7-14(12)11-22-19(23)17(27-20(22)24)10-13-8-15(21)18(26-3)16(9-13)25-2/h4-10H,11H2,1-3H3/b17-10-. The molecule has 0 saturated carbocycles. The van der Waals surface area contributed by atoms with Gasteiger partial charge in [0.2, 0.25) is 0 Å². The molecule has 1 heterocycles. The van der Waals surface area contributed by atoms with Crippen molar-refractivity contribution < 1.29 is 19.1 Å². The molecule has 2 aromatic rings. The van der Waals surface area contributed by atoms with Crippen LogP contribution in [0, 0.1) is 6.92 Å². The number of carbonyl (C=O) groups excluding carboxylic acids is 2. The molecule has 1 aliphatic heterocycles. The van der Waals surface area contributed by atoms with E-state index in [2.05, 4.69) is 0 Å². The number of amides is 2. The third-order valence-electron chi connectivity index (χ3n) is 4.22. The lowest BCUT2D eigenvalue weighted by Gasteiger charge is -2.14. The van der Waals surface area contributed by atoms with Gasteiger partial charge in [-0.15, -0.1) is 0 Å². The van der Waals surface area contributed by atoms with Gasteiger partial charge in [-0.05, 0) is 53.6 Å². The fourth-order valence-corrected chi connectivity index (χ4v) is 3.90. The number of benzene rings is 2. The lowest BCUT2D eigenvalue weighted by Crippen LogP contribution is -2.27. The van der Waals surface area contributed by atoms with Crippen molar-refractivity contribution in [2.24, 2.45) is 0 Å². The van der Waals surface area contributed by atoms with Gasteiger partial charge in [0, 0.05) is 0 Å². The smallest absolute Gasteiger partial charge is 0.293 e. The zero-order valence-corrected chi connectivity index (χ0v) is 16.7. The Balaban J connectivity index is 1.88. The number of methoxy groups -OCH3 is 2. The van der Waals surface area contributed by atoms with Gasteiger partial charge in [0.25, 0.3) is 11.1 Å². The monoisotopic (exact) mass is 403 g/mol. The second kappa shape index (κ2) is 8.06. The molecule has 0 N–H and O–H groups in total. The summed E-state index contributed by atoms with van der Waals surface area (Å²) in [6, 6.07) is 11.1. The summed E-state index contributed by atoms with van der Waals surface area (Å²) in [4.78, 5) is 26.7. The zero-order valence-electron chi connectivity index (χ0n) is 15.1. The summed E-state index contributed by atoms with van der Waals surface area (Å²) in [5.41, 5.74) is 2.63. The molecule has 0 bridgehead atoms. The predicted molar refractivity (Wildman–Crippen MR) is 107 cm³/mol. The van der Waals surface area contributed by atoms with E-state index in [-0.39, 0.29) is 17.7 Å². The molecule has 7 heteroatoms. The van der Waals surface area contributed by atoms with Crippen LogP contribution in [0.2, 0.25) is 5.02 Å². The Labute approximate surface area is 166 Å². The number of rotatable bonds is 5. The number of carbonyl (C=O) groups is 2. The first-order valence-corrected chi connectivity index (χ1v) is 9.35. The maximum Gasteiger partial charge on any atom is 0.293 e. The highest BCUT2D eigenvalue weighted by Crippen LogP contribution is 2.39. The van der Waals surface area contributed by atoms with E-state index in [0.29, 0.717) is 27.0 Å². The van der Waals surface area contributed by atoms with Crippen LogP contribution in [-0.2, 0) is 11.3 Å². The van der Waals surface area contributed by atoms with Gasteiger partial charge in [0.05, 0.1) is 30.7 Å². The molecular formula is C20H18ClNO4S. The number of hydrogen-bond acceptors (Lipinski definition) is 5. The van der Waals surface area contributed by atoms with Crippen molar-refractivity contribution >= 4 is 40.6 Å². The van der Waals surface area contributed by atoms with E-state index in [4.69, 9.17) is 21.1 Å². The van der Waals surface area contributed by atoms with Gasteiger partial charge in [-0.2, -0.15) is 0 Å². The molecule has 0 spiro atoms. The van der Waals surface area contributed by atoms with Gasteiger partial charge in [0.1, 0.15) is 0 Å². The van der Waals surface area contributed by atoms with E-state index in [1.807, 2.05) is 31.2 Å². The number of thioether (sulfide) groups is 1. The molecule has 2 aromatic carbocycles. The van der Waals surface area contributed by atoms with Gasteiger partial charge >= 0.3 is 0 Å². The fraction of sp³-hybridized carbons (Fsp3) is 0.200. The Kier molecular flexibility index (Phi) is 5.77. The lowest BCUT2D eigenvalue weighted by molar-refractivity contribution is -0.123. The number of aryl methyl sites for hydroxylation is 1. The molecule has 3 rings (SSSR count). The number of halogens is 1. The zero-order chi connectivity index (χ0) is 19.6. The SMILES string of the molecule is COc1cc(/C=C2\SC(=O)N(Cc3ccccc3C)C2=O)cc(Cl)c1OC. The highest BCUT2D eigenvalue weighted by atomic mass is 35.5. The molecule has 140 valence electrons. The van der Waals surface area contributed by atoms with Gasteiger partial charge < -0.3 is 9.47 Å². The van der Waals surface area contributed by atoms with E-state index in [0.717, 1.165) is 22.9 Å². The topological polar surface area (TPSA) is 55.8 Å². The first kappa shape index (κ1) is 19.3. The Hall–Kier alpha value is -2.44. The summed E-state index contributed by atoms with van der Waals surface area (Å²) in [5.74, 6) is 0.554. The summed E-state index contributed by atoms with van der Waals surface area (Å²) in [6.07, 6.45) is 1.64. The minimum absolute atomic E-state index is 0.251. The second-order valence-electron chi connectivity index (χ2n) is 5.93. The molecule has 1 fully saturated rings. The summed E-state index contributed by atoms with van der Waals surface area (Å²) in [5, 5.41) is 0.0725. The Morgan fingerprint density at radius 2 is 1.89 bits per heavy atom. The summed E-state index contributed by atoms with van der Waals surface area (Å²) in [6.45, 7) is 2.21. The summed E-state index contributed by atoms with van der Waals surface area (Å²) in [7, 11) is 3.01. The minimum Gasteiger partial charge on any atom is -0.493 e. The fourth-order valence-electron chi connectivity index (χ4n) is 2.77. The van der Waals surface area contributed by atoms with Gasteiger partial charge in [-0.1, -0.05) is 35.9 Å². The van der Waals surface area contributed by atoms with Crippen LogP contribution in [0.4, 0.5) is 4.79 Å². The van der Waals surface area contributed by atoms with Crippen LogP contribution < -0.4 is 9.47 Å². The largest absolute Gasteiger partial charge is 0.493 e. The first-order valence-electron chi connectivity index (χ1n) is 8.16. The van der Waals surface area contributed by atoms with E-state index >= 15 is 0 Å². The van der Waals surface area contributed by atoms with Gasteiger partial charge in [-0.3, -0.25) is 14.5 Å². The van der Waals surface area contributed by atoms with Crippen molar-refractivity contribution in [2.45, 2.75) is 13.5 Å². The number of nitrogens with zero attached hydrogens (tertiary/aromatic N) is 1. The molecule has 0 radical (unpaired) electrons. The lowest BCUT2D eigenvalue weighted by atomic mass is 10.1. The molecule has 0 atom stereocenters. The van der Waals surface area contributed by atoms with Crippen molar-refractivity contribution in [1.29, 1.82) is 0 Å². The maximum atomic E-state index is 12.7. The van der Waals surface area contributed by atoms with E-state index < -0.39 is 0 Å². The van der Waals surface area contributed by atoms with Crippen molar-refractivity contribution in [1.82, 2.24) is 4.90 Å². The van der Waals surface area contributed by atoms with Crippen LogP contribution in [-0.4, -0.2) is 30.3 Å². The number of ether oxygens (including phenoxy) is 2. The summed E-state index contributed by atoms with van der Waals surface area (Å²) >= 11 is 7.13. The van der Waals surface area contributed by atoms with E-state index in [1.54, 1.807) is 18.2 Å². The van der Waals surface area contributed by atoms with Crippen LogP contribution in [0.15, 0.2) is 41.3 Å². The number of imide groups is 1. The third kappa shape index (κ3) is 3.96. The molecule has 0 aliphatic carbocycles. The molecule has 1 aliphatic rings. The molecule has 27 heavy (non-hydrogen) atoms. The molecule has 1 saturated heterocycles. The van der Waals surface area contributed by atoms with E-state index in [9.17, 15) is 9.59 Å². The van der Waals surface area contributed by atoms with Crippen LogP contribution in [0.1, 0.15) is 16.7 Å². The Bertz CT molecular complexity index is 942. The molecular weight excluding hydrogens is 386 g/mol. The number of hydrogen-bond donors (Lipinski definition) is 0. The van der Waals surface area contributed by atoms with Gasteiger partial charge in [-0.25, -0.2) is 0 Å². The Morgan fingerprint density at radius 1 is 1.15 bits per heavy atom. The average Bonchev–Trinajstić information content (AvgIpc) is 2.90. The quantitative estimate of drug-likeness (QED) is 0.664. The molecule has 2 amide bonds. The maximum absolute atomic E-state index is 12.7. The second-order valence-corrected chi connectivity index (χ2v) is 7.33. The van der Waals surface area contributed by atoms with Gasteiger partial charge in [0.15, 0.2) is 11.5 Å². The predicted octanol–water partition coefficient (Wildman–Crippen LogP) is 4.90. The minimum atomic E-state index is -0.320. The van der Waals surface area contributed by atoms with Crippen molar-refractivity contribution in [3.8, 4) is 11.5 Å². The third-order valence-corrected chi connectivity index (χ3v) is 5.41. The van der Waals surface area contributed by atoms with Crippen molar-refractivity contribution in [3.05, 3.63) is 63.0 Å². The summed E-state index contributed by atoms with van der Waals surface area (Å²) < 4.78 is 10.5. The first-order chi connectivity index (χ1) is 12.9. The molecule has 0 aromatic heterocycles. The van der Waals surface area contributed by atoms with E-state index in [1.165, 1.54) is 19.1 Å². The average molecular weight is 404 g/mol. The van der Waals surface area contributed by atoms with Crippen molar-refractivity contribution in [3.63, 3.8) is 0 Å². The Morgan fingerprint density at radius 3 is 2.56 bits per heavy atom. The van der Waals surface area contributed by atoms with Crippen LogP contribution in [0.3, 0.4) is 0 Å². The highest BCUT2D eigenvalue weighted by molar-refractivity contribution is 8.18. The normalized spacial score (nSPS) is 15.6. The van der Waals surface area contributed by atoms with Crippen molar-refractivity contribution in [2.75, 3.05) is 14.2 Å². The highest BCUT2D eigenvalue weighted by Gasteiger charge is 2.35. The van der Waals surface area contributed by atoms with Crippen LogP contribution >= 0.6 is 23.4 Å².